The number of nitrogens with one attached hydrogen (secondary N) is 2. The molecular formula is C21H22ClN5O4S. The van der Waals surface area contributed by atoms with Crippen LogP contribution >= 0.6 is 23.4 Å². The lowest BCUT2D eigenvalue weighted by molar-refractivity contribution is -0.113. The molecule has 3 N–H and O–H groups in total. The maximum absolute atomic E-state index is 12.5. The first kappa shape index (κ1) is 23.6. The van der Waals surface area contributed by atoms with Crippen molar-refractivity contribution in [1.29, 1.82) is 0 Å². The number of aromatic nitrogens is 3. The average molecular weight is 476 g/mol. The Bertz CT molecular complexity index is 1090. The summed E-state index contributed by atoms with van der Waals surface area (Å²) < 4.78 is 6.71. The first-order valence-corrected chi connectivity index (χ1v) is 10.9. The number of benzene rings is 2. The SMILES string of the molecule is COc1ccc(C(=O)N[C@H](CO)c2nnc(SCC(=O)Nc3ccccc3Cl)n2C)cc1. The van der Waals surface area contributed by atoms with Crippen LogP contribution in [-0.4, -0.2) is 51.2 Å². The largest absolute Gasteiger partial charge is 0.497 e. The van der Waals surface area contributed by atoms with Gasteiger partial charge in [-0.2, -0.15) is 0 Å². The quantitative estimate of drug-likeness (QED) is 0.407. The fraction of sp³-hybridized carbons (Fsp3) is 0.238. The zero-order valence-corrected chi connectivity index (χ0v) is 19.0. The molecule has 168 valence electrons. The molecule has 0 aliphatic carbocycles. The number of ether oxygens (including phenoxy) is 1. The lowest BCUT2D eigenvalue weighted by Gasteiger charge is -2.16. The molecule has 0 bridgehead atoms. The zero-order chi connectivity index (χ0) is 23.1. The normalized spacial score (nSPS) is 11.6. The monoisotopic (exact) mass is 475 g/mol. The van der Waals surface area contributed by atoms with Crippen LogP contribution in [-0.2, 0) is 11.8 Å². The molecule has 11 heteroatoms. The molecule has 0 saturated heterocycles. The number of aliphatic hydroxyl groups is 1. The molecule has 1 atom stereocenters. The Morgan fingerprint density at radius 3 is 2.56 bits per heavy atom. The van der Waals surface area contributed by atoms with E-state index in [9.17, 15) is 14.7 Å². The molecule has 3 rings (SSSR count). The number of aliphatic hydroxyl groups excluding tert-OH is 1. The predicted molar refractivity (Wildman–Crippen MR) is 122 cm³/mol. The highest BCUT2D eigenvalue weighted by Crippen LogP contribution is 2.23. The second kappa shape index (κ2) is 11.0. The maximum atomic E-state index is 12.5. The van der Waals surface area contributed by atoms with Crippen LogP contribution in [0.2, 0.25) is 5.02 Å². The van der Waals surface area contributed by atoms with E-state index in [1.54, 1.807) is 67.3 Å². The summed E-state index contributed by atoms with van der Waals surface area (Å²) in [6.07, 6.45) is 0. The van der Waals surface area contributed by atoms with Crippen molar-refractivity contribution in [3.63, 3.8) is 0 Å². The van der Waals surface area contributed by atoms with Crippen molar-refractivity contribution in [2.24, 2.45) is 7.05 Å². The summed E-state index contributed by atoms with van der Waals surface area (Å²) in [6.45, 7) is -0.370. The van der Waals surface area contributed by atoms with Gasteiger partial charge in [0.25, 0.3) is 5.91 Å². The number of thioether (sulfide) groups is 1. The zero-order valence-electron chi connectivity index (χ0n) is 17.4. The van der Waals surface area contributed by atoms with Crippen LogP contribution in [0, 0.1) is 0 Å². The highest BCUT2D eigenvalue weighted by atomic mass is 35.5. The van der Waals surface area contributed by atoms with Gasteiger partial charge < -0.3 is 25.0 Å². The summed E-state index contributed by atoms with van der Waals surface area (Å²) in [4.78, 5) is 24.8. The molecule has 0 aliphatic rings. The van der Waals surface area contributed by atoms with E-state index in [0.717, 1.165) is 0 Å². The smallest absolute Gasteiger partial charge is 0.251 e. The second-order valence-electron chi connectivity index (χ2n) is 6.65. The topological polar surface area (TPSA) is 118 Å². The molecule has 0 saturated carbocycles. The van der Waals surface area contributed by atoms with Crippen molar-refractivity contribution in [3.8, 4) is 5.75 Å². The first-order valence-electron chi connectivity index (χ1n) is 9.55. The van der Waals surface area contributed by atoms with Crippen molar-refractivity contribution in [3.05, 3.63) is 64.9 Å². The van der Waals surface area contributed by atoms with E-state index in [1.807, 2.05) is 0 Å². The Kier molecular flexibility index (Phi) is 8.09. The number of nitrogens with zero attached hydrogens (tertiary/aromatic N) is 3. The van der Waals surface area contributed by atoms with Gasteiger partial charge in [0.05, 0.1) is 30.2 Å². The van der Waals surface area contributed by atoms with Gasteiger partial charge in [-0.25, -0.2) is 0 Å². The van der Waals surface area contributed by atoms with E-state index >= 15 is 0 Å². The van der Waals surface area contributed by atoms with Crippen LogP contribution in [0.1, 0.15) is 22.2 Å². The van der Waals surface area contributed by atoms with E-state index in [4.69, 9.17) is 16.3 Å². The van der Waals surface area contributed by atoms with Crippen LogP contribution < -0.4 is 15.4 Å². The number of anilines is 1. The summed E-state index contributed by atoms with van der Waals surface area (Å²) in [6, 6.07) is 12.8. The molecule has 1 heterocycles. The average Bonchev–Trinajstić information content (AvgIpc) is 3.17. The molecule has 2 amide bonds. The number of carbonyl (C=O) groups is 2. The molecule has 0 unspecified atom stereocenters. The Balaban J connectivity index is 1.62. The van der Waals surface area contributed by atoms with Crippen molar-refractivity contribution < 1.29 is 19.4 Å². The number of methoxy groups -OCH3 is 1. The lowest BCUT2D eigenvalue weighted by atomic mass is 10.2. The van der Waals surface area contributed by atoms with E-state index in [2.05, 4.69) is 20.8 Å². The van der Waals surface area contributed by atoms with Crippen LogP contribution in [0.25, 0.3) is 0 Å². The standard InChI is InChI=1S/C21H22ClN5O4S/c1-27-19(17(11-28)24-20(30)13-7-9-14(31-2)10-8-13)25-26-21(27)32-12-18(29)23-16-6-4-3-5-15(16)22/h3-10,17,28H,11-12H2,1-2H3,(H,23,29)(H,24,30)/t17-/m1/s1. The van der Waals surface area contributed by atoms with E-state index < -0.39 is 6.04 Å². The third-order valence-electron chi connectivity index (χ3n) is 4.50. The summed E-state index contributed by atoms with van der Waals surface area (Å²) in [7, 11) is 3.24. The van der Waals surface area contributed by atoms with Crippen LogP contribution in [0.4, 0.5) is 5.69 Å². The number of carbonyl (C=O) groups excluding carboxylic acids is 2. The number of rotatable bonds is 9. The molecule has 0 aliphatic heterocycles. The lowest BCUT2D eigenvalue weighted by Crippen LogP contribution is -2.32. The Morgan fingerprint density at radius 2 is 1.91 bits per heavy atom. The molecule has 9 nitrogen and oxygen atoms in total. The minimum absolute atomic E-state index is 0.0825. The number of hydrogen-bond donors (Lipinski definition) is 3. The van der Waals surface area contributed by atoms with Gasteiger partial charge in [0, 0.05) is 12.6 Å². The van der Waals surface area contributed by atoms with E-state index in [-0.39, 0.29) is 24.2 Å². The first-order chi connectivity index (χ1) is 15.4. The van der Waals surface area contributed by atoms with Gasteiger partial charge in [-0.15, -0.1) is 10.2 Å². The van der Waals surface area contributed by atoms with Gasteiger partial charge in [0.1, 0.15) is 11.8 Å². The minimum Gasteiger partial charge on any atom is -0.497 e. The number of halogens is 1. The second-order valence-corrected chi connectivity index (χ2v) is 8.00. The van der Waals surface area contributed by atoms with Crippen molar-refractivity contribution >= 4 is 40.9 Å². The van der Waals surface area contributed by atoms with E-state index in [0.29, 0.717) is 33.0 Å². The summed E-state index contributed by atoms with van der Waals surface area (Å²) >= 11 is 7.23. The minimum atomic E-state index is -0.770. The van der Waals surface area contributed by atoms with Gasteiger partial charge in [-0.05, 0) is 36.4 Å². The molecule has 3 aromatic rings. The Hall–Kier alpha value is -3.08. The predicted octanol–water partition coefficient (Wildman–Crippen LogP) is 2.67. The Morgan fingerprint density at radius 1 is 1.19 bits per heavy atom. The summed E-state index contributed by atoms with van der Waals surface area (Å²) in [5.74, 6) is 0.457. The van der Waals surface area contributed by atoms with Crippen LogP contribution in [0.15, 0.2) is 53.7 Å². The highest BCUT2D eigenvalue weighted by molar-refractivity contribution is 7.99. The van der Waals surface area contributed by atoms with Gasteiger partial charge in [0.2, 0.25) is 5.91 Å². The third kappa shape index (κ3) is 5.78. The summed E-state index contributed by atoms with van der Waals surface area (Å²) in [5, 5.41) is 24.3. The number of amides is 2. The van der Waals surface area contributed by atoms with Crippen molar-refractivity contribution in [2.75, 3.05) is 24.8 Å². The van der Waals surface area contributed by atoms with Crippen molar-refractivity contribution in [2.45, 2.75) is 11.2 Å². The highest BCUT2D eigenvalue weighted by Gasteiger charge is 2.22. The third-order valence-corrected chi connectivity index (χ3v) is 5.85. The van der Waals surface area contributed by atoms with Crippen LogP contribution in [0.5, 0.6) is 5.75 Å². The molecule has 0 radical (unpaired) electrons. The van der Waals surface area contributed by atoms with Crippen molar-refractivity contribution in [1.82, 2.24) is 20.1 Å². The van der Waals surface area contributed by atoms with E-state index in [1.165, 1.54) is 11.8 Å². The maximum Gasteiger partial charge on any atom is 0.251 e. The fourth-order valence-electron chi connectivity index (χ4n) is 2.81. The van der Waals surface area contributed by atoms with Gasteiger partial charge in [-0.1, -0.05) is 35.5 Å². The number of para-hydroxylation sites is 1. The van der Waals surface area contributed by atoms with Crippen LogP contribution in [0.3, 0.4) is 0 Å². The van der Waals surface area contributed by atoms with Gasteiger partial charge in [-0.3, -0.25) is 9.59 Å². The fourth-order valence-corrected chi connectivity index (χ4v) is 3.71. The molecule has 32 heavy (non-hydrogen) atoms. The van der Waals surface area contributed by atoms with Gasteiger partial charge in [0.15, 0.2) is 11.0 Å². The molecule has 2 aromatic carbocycles. The molecule has 0 fully saturated rings. The molecular weight excluding hydrogens is 454 g/mol. The molecule has 0 spiro atoms. The summed E-state index contributed by atoms with van der Waals surface area (Å²) in [5.41, 5.74) is 0.942. The number of hydrogen-bond acceptors (Lipinski definition) is 7. The Labute approximate surface area is 194 Å². The molecule has 1 aromatic heterocycles. The van der Waals surface area contributed by atoms with Gasteiger partial charge >= 0.3 is 0 Å².